The highest BCUT2D eigenvalue weighted by molar-refractivity contribution is 7.85. The molecule has 1 aliphatic heterocycles. The van der Waals surface area contributed by atoms with Crippen molar-refractivity contribution in [3.05, 3.63) is 28.8 Å². The number of nitrogens with zero attached hydrogens (tertiary/aromatic N) is 1. The van der Waals surface area contributed by atoms with Crippen LogP contribution in [0.5, 0.6) is 0 Å². The van der Waals surface area contributed by atoms with Crippen LogP contribution in [0.15, 0.2) is 18.2 Å². The Morgan fingerprint density at radius 3 is 2.61 bits per heavy atom. The topological polar surface area (TPSA) is 46.6 Å². The number of rotatable bonds is 4. The van der Waals surface area contributed by atoms with Crippen molar-refractivity contribution in [2.75, 3.05) is 24.2 Å². The lowest BCUT2D eigenvalue weighted by molar-refractivity contribution is 0.312. The molecule has 0 bridgehead atoms. The molecule has 100 valence electrons. The molecule has 1 fully saturated rings. The number of anilines is 1. The second-order valence-electron chi connectivity index (χ2n) is 4.44. The minimum absolute atomic E-state index is 0.0145. The summed E-state index contributed by atoms with van der Waals surface area (Å²) < 4.78 is 26.7. The molecule has 0 radical (unpaired) electrons. The minimum Gasteiger partial charge on any atom is -0.372 e. The first-order chi connectivity index (χ1) is 8.46. The van der Waals surface area contributed by atoms with E-state index in [1.807, 2.05) is 12.1 Å². The van der Waals surface area contributed by atoms with E-state index in [-0.39, 0.29) is 6.61 Å². The molecular formula is C12H16ClNO3S. The summed E-state index contributed by atoms with van der Waals surface area (Å²) in [7, 11) is -3.44. The smallest absolute Gasteiger partial charge is 0.264 e. The van der Waals surface area contributed by atoms with Crippen LogP contribution < -0.4 is 4.90 Å². The molecule has 2 rings (SSSR count). The molecule has 1 saturated heterocycles. The highest BCUT2D eigenvalue weighted by Gasteiger charge is 2.14. The number of hydrogen-bond acceptors (Lipinski definition) is 4. The van der Waals surface area contributed by atoms with Crippen molar-refractivity contribution in [2.24, 2.45) is 0 Å². The van der Waals surface area contributed by atoms with Gasteiger partial charge in [-0.15, -0.1) is 0 Å². The molecule has 0 unspecified atom stereocenters. The van der Waals surface area contributed by atoms with Crippen molar-refractivity contribution in [1.29, 1.82) is 0 Å². The third kappa shape index (κ3) is 3.60. The zero-order valence-electron chi connectivity index (χ0n) is 10.2. The molecule has 0 N–H and O–H groups in total. The molecule has 0 spiro atoms. The average molecular weight is 290 g/mol. The maximum atomic E-state index is 11.0. The quantitative estimate of drug-likeness (QED) is 0.799. The van der Waals surface area contributed by atoms with Gasteiger partial charge in [-0.3, -0.25) is 4.18 Å². The normalized spacial score (nSPS) is 16.2. The predicted octanol–water partition coefficient (Wildman–Crippen LogP) is 2.42. The SMILES string of the molecule is CS(=O)(=O)OCc1cc(N2CCCC2)ccc1Cl. The van der Waals surface area contributed by atoms with Crippen LogP contribution in [0.2, 0.25) is 5.02 Å². The van der Waals surface area contributed by atoms with E-state index >= 15 is 0 Å². The molecule has 0 aromatic heterocycles. The van der Waals surface area contributed by atoms with Crippen molar-refractivity contribution in [2.45, 2.75) is 19.4 Å². The summed E-state index contributed by atoms with van der Waals surface area (Å²) in [6, 6.07) is 5.65. The second-order valence-corrected chi connectivity index (χ2v) is 6.49. The summed E-state index contributed by atoms with van der Waals surface area (Å²) in [6.45, 7) is 2.06. The molecule has 0 aliphatic carbocycles. The van der Waals surface area contributed by atoms with Gasteiger partial charge in [-0.2, -0.15) is 8.42 Å². The average Bonchev–Trinajstić information content (AvgIpc) is 2.80. The Labute approximate surface area is 113 Å². The van der Waals surface area contributed by atoms with Crippen molar-refractivity contribution >= 4 is 27.4 Å². The number of hydrogen-bond donors (Lipinski definition) is 0. The summed E-state index contributed by atoms with van der Waals surface area (Å²) in [5, 5.41) is 0.529. The molecule has 1 aromatic rings. The van der Waals surface area contributed by atoms with Crippen LogP contribution in [0.3, 0.4) is 0 Å². The van der Waals surface area contributed by atoms with Gasteiger partial charge in [0, 0.05) is 23.8 Å². The fraction of sp³-hybridized carbons (Fsp3) is 0.500. The van der Waals surface area contributed by atoms with Gasteiger partial charge in [-0.25, -0.2) is 0 Å². The van der Waals surface area contributed by atoms with Gasteiger partial charge in [0.25, 0.3) is 10.1 Å². The van der Waals surface area contributed by atoms with Crippen LogP contribution >= 0.6 is 11.6 Å². The molecule has 6 heteroatoms. The summed E-state index contributed by atoms with van der Waals surface area (Å²) in [5.74, 6) is 0. The van der Waals surface area contributed by atoms with Gasteiger partial charge in [0.15, 0.2) is 0 Å². The molecule has 0 atom stereocenters. The zero-order chi connectivity index (χ0) is 13.2. The van der Waals surface area contributed by atoms with E-state index < -0.39 is 10.1 Å². The van der Waals surface area contributed by atoms with Crippen LogP contribution in [-0.4, -0.2) is 27.8 Å². The second kappa shape index (κ2) is 5.47. The lowest BCUT2D eigenvalue weighted by Crippen LogP contribution is -2.17. The Bertz CT molecular complexity index is 524. The van der Waals surface area contributed by atoms with Crippen molar-refractivity contribution in [3.8, 4) is 0 Å². The van der Waals surface area contributed by atoms with E-state index in [1.54, 1.807) is 6.07 Å². The lowest BCUT2D eigenvalue weighted by atomic mass is 10.2. The molecule has 0 amide bonds. The first-order valence-corrected chi connectivity index (χ1v) is 8.03. The van der Waals surface area contributed by atoms with E-state index in [2.05, 4.69) is 4.90 Å². The van der Waals surface area contributed by atoms with E-state index in [1.165, 1.54) is 12.8 Å². The molecular weight excluding hydrogens is 274 g/mol. The Hall–Kier alpha value is -0.780. The van der Waals surface area contributed by atoms with Gasteiger partial charge in [-0.05, 0) is 36.6 Å². The van der Waals surface area contributed by atoms with Gasteiger partial charge in [-0.1, -0.05) is 11.6 Å². The van der Waals surface area contributed by atoms with Crippen LogP contribution in [-0.2, 0) is 20.9 Å². The van der Waals surface area contributed by atoms with Crippen LogP contribution in [0, 0.1) is 0 Å². The molecule has 1 heterocycles. The minimum atomic E-state index is -3.44. The highest BCUT2D eigenvalue weighted by Crippen LogP contribution is 2.26. The lowest BCUT2D eigenvalue weighted by Gasteiger charge is -2.18. The Balaban J connectivity index is 2.16. The largest absolute Gasteiger partial charge is 0.372 e. The maximum absolute atomic E-state index is 11.0. The van der Waals surface area contributed by atoms with Gasteiger partial charge in [0.2, 0.25) is 0 Å². The van der Waals surface area contributed by atoms with Crippen LogP contribution in [0.4, 0.5) is 5.69 Å². The number of halogens is 1. The van der Waals surface area contributed by atoms with Crippen LogP contribution in [0.1, 0.15) is 18.4 Å². The standard InChI is InChI=1S/C12H16ClNO3S/c1-18(15,16)17-9-10-8-11(4-5-12(10)13)14-6-2-3-7-14/h4-5,8H,2-3,6-7,9H2,1H3. The van der Waals surface area contributed by atoms with Gasteiger partial charge in [0.05, 0.1) is 12.9 Å². The van der Waals surface area contributed by atoms with Crippen LogP contribution in [0.25, 0.3) is 0 Å². The van der Waals surface area contributed by atoms with E-state index in [0.717, 1.165) is 25.0 Å². The van der Waals surface area contributed by atoms with E-state index in [9.17, 15) is 8.42 Å². The van der Waals surface area contributed by atoms with Gasteiger partial charge < -0.3 is 4.90 Å². The fourth-order valence-corrected chi connectivity index (χ4v) is 2.53. The first-order valence-electron chi connectivity index (χ1n) is 5.83. The monoisotopic (exact) mass is 289 g/mol. The Morgan fingerprint density at radius 2 is 2.00 bits per heavy atom. The van der Waals surface area contributed by atoms with Crippen molar-refractivity contribution < 1.29 is 12.6 Å². The van der Waals surface area contributed by atoms with Gasteiger partial charge in [0.1, 0.15) is 0 Å². The fourth-order valence-electron chi connectivity index (χ4n) is 2.01. The van der Waals surface area contributed by atoms with Crippen molar-refractivity contribution in [3.63, 3.8) is 0 Å². The van der Waals surface area contributed by atoms with E-state index in [0.29, 0.717) is 10.6 Å². The molecule has 1 aliphatic rings. The molecule has 4 nitrogen and oxygen atoms in total. The van der Waals surface area contributed by atoms with Gasteiger partial charge >= 0.3 is 0 Å². The highest BCUT2D eigenvalue weighted by atomic mass is 35.5. The van der Waals surface area contributed by atoms with E-state index in [4.69, 9.17) is 15.8 Å². The molecule has 18 heavy (non-hydrogen) atoms. The first kappa shape index (κ1) is 13.6. The Morgan fingerprint density at radius 1 is 1.33 bits per heavy atom. The summed E-state index contributed by atoms with van der Waals surface area (Å²) in [5.41, 5.74) is 1.77. The third-order valence-electron chi connectivity index (χ3n) is 2.93. The Kier molecular flexibility index (Phi) is 4.14. The zero-order valence-corrected chi connectivity index (χ0v) is 11.8. The van der Waals surface area contributed by atoms with Crippen molar-refractivity contribution in [1.82, 2.24) is 0 Å². The summed E-state index contributed by atoms with van der Waals surface area (Å²) in [6.07, 6.45) is 3.42. The predicted molar refractivity (Wildman–Crippen MR) is 72.5 cm³/mol. The number of benzene rings is 1. The molecule has 1 aromatic carbocycles. The third-order valence-corrected chi connectivity index (χ3v) is 3.84. The summed E-state index contributed by atoms with van der Waals surface area (Å²) >= 11 is 6.04. The molecule has 0 saturated carbocycles. The summed E-state index contributed by atoms with van der Waals surface area (Å²) in [4.78, 5) is 2.26. The maximum Gasteiger partial charge on any atom is 0.264 e.